The first-order valence-electron chi connectivity index (χ1n) is 7.08. The van der Waals surface area contributed by atoms with Crippen molar-refractivity contribution in [2.45, 2.75) is 31.9 Å². The van der Waals surface area contributed by atoms with Gasteiger partial charge in [-0.15, -0.1) is 0 Å². The lowest BCUT2D eigenvalue weighted by atomic mass is 10.1. The van der Waals surface area contributed by atoms with E-state index in [2.05, 4.69) is 34.5 Å². The Balaban J connectivity index is 1.77. The van der Waals surface area contributed by atoms with E-state index in [1.807, 2.05) is 0 Å². The highest BCUT2D eigenvalue weighted by molar-refractivity contribution is 5.64. The number of nitrogens with zero attached hydrogens (tertiary/aromatic N) is 1. The molecule has 0 atom stereocenters. The number of aliphatic hydroxyl groups excluding tert-OH is 1. The van der Waals surface area contributed by atoms with Crippen molar-refractivity contribution in [1.82, 2.24) is 10.2 Å². The van der Waals surface area contributed by atoms with Crippen molar-refractivity contribution in [3.63, 3.8) is 0 Å². The molecule has 5 heteroatoms. The number of amides is 1. The van der Waals surface area contributed by atoms with Crippen LogP contribution in [0, 0.1) is 0 Å². The summed E-state index contributed by atoms with van der Waals surface area (Å²) in [6, 6.07) is 8.30. The zero-order valence-electron chi connectivity index (χ0n) is 11.6. The second-order valence-electron chi connectivity index (χ2n) is 5.31. The van der Waals surface area contributed by atoms with Gasteiger partial charge in [-0.3, -0.25) is 4.90 Å². The van der Waals surface area contributed by atoms with Crippen LogP contribution >= 0.6 is 0 Å². The highest BCUT2D eigenvalue weighted by Crippen LogP contribution is 2.14. The number of rotatable bonds is 5. The minimum Gasteiger partial charge on any atom is -0.465 e. The van der Waals surface area contributed by atoms with Crippen LogP contribution in [0.5, 0.6) is 0 Å². The van der Waals surface area contributed by atoms with E-state index in [1.165, 1.54) is 5.56 Å². The molecule has 0 unspecified atom stereocenters. The summed E-state index contributed by atoms with van der Waals surface area (Å²) >= 11 is 0. The molecule has 0 bridgehead atoms. The maximum atomic E-state index is 10.4. The molecule has 1 heterocycles. The van der Waals surface area contributed by atoms with Gasteiger partial charge in [0.2, 0.25) is 0 Å². The Labute approximate surface area is 119 Å². The van der Waals surface area contributed by atoms with Crippen LogP contribution in [0.1, 0.15) is 24.0 Å². The predicted molar refractivity (Wildman–Crippen MR) is 76.7 cm³/mol. The van der Waals surface area contributed by atoms with Crippen LogP contribution < -0.4 is 5.32 Å². The van der Waals surface area contributed by atoms with Gasteiger partial charge >= 0.3 is 6.09 Å². The molecule has 0 aromatic heterocycles. The van der Waals surface area contributed by atoms with Crippen molar-refractivity contribution in [3.05, 3.63) is 35.4 Å². The second-order valence-corrected chi connectivity index (χ2v) is 5.31. The molecule has 0 aliphatic carbocycles. The summed E-state index contributed by atoms with van der Waals surface area (Å²) in [5.74, 6) is 0. The Bertz CT molecular complexity index is 425. The number of likely N-dealkylation sites (tertiary alicyclic amines) is 1. The van der Waals surface area contributed by atoms with Gasteiger partial charge in [0.15, 0.2) is 0 Å². The first-order chi connectivity index (χ1) is 9.63. The van der Waals surface area contributed by atoms with E-state index in [9.17, 15) is 9.90 Å². The molecule has 0 spiro atoms. The van der Waals surface area contributed by atoms with Crippen LogP contribution in [0.25, 0.3) is 0 Å². The van der Waals surface area contributed by atoms with Crippen molar-refractivity contribution in [3.8, 4) is 0 Å². The van der Waals surface area contributed by atoms with E-state index in [1.54, 1.807) is 0 Å². The Morgan fingerprint density at radius 3 is 2.40 bits per heavy atom. The molecule has 110 valence electrons. The molecule has 5 nitrogen and oxygen atoms in total. The molecule has 20 heavy (non-hydrogen) atoms. The fraction of sp³-hybridized carbons (Fsp3) is 0.533. The highest BCUT2D eigenvalue weighted by atomic mass is 16.4. The van der Waals surface area contributed by atoms with E-state index in [-0.39, 0.29) is 6.10 Å². The smallest absolute Gasteiger partial charge is 0.404 e. The zero-order valence-corrected chi connectivity index (χ0v) is 11.6. The topological polar surface area (TPSA) is 72.8 Å². The lowest BCUT2D eigenvalue weighted by Crippen LogP contribution is -2.35. The molecular weight excluding hydrogens is 256 g/mol. The Morgan fingerprint density at radius 1 is 1.20 bits per heavy atom. The molecule has 1 aliphatic heterocycles. The third-order valence-corrected chi connectivity index (χ3v) is 3.68. The number of nitrogens with one attached hydrogen (secondary N) is 1. The summed E-state index contributed by atoms with van der Waals surface area (Å²) < 4.78 is 0. The van der Waals surface area contributed by atoms with E-state index in [0.29, 0.717) is 13.0 Å². The maximum absolute atomic E-state index is 10.4. The molecule has 1 amide bonds. The van der Waals surface area contributed by atoms with Crippen molar-refractivity contribution >= 4 is 6.09 Å². The Morgan fingerprint density at radius 2 is 1.80 bits per heavy atom. The number of aliphatic hydroxyl groups is 1. The summed E-state index contributed by atoms with van der Waals surface area (Å²) in [5.41, 5.74) is 2.40. The number of carbonyl (C=O) groups is 1. The fourth-order valence-electron chi connectivity index (χ4n) is 2.46. The lowest BCUT2D eigenvalue weighted by Gasteiger charge is -2.29. The molecule has 2 rings (SSSR count). The van der Waals surface area contributed by atoms with E-state index >= 15 is 0 Å². The van der Waals surface area contributed by atoms with Crippen LogP contribution in [0.2, 0.25) is 0 Å². The zero-order chi connectivity index (χ0) is 14.4. The van der Waals surface area contributed by atoms with Gasteiger partial charge in [-0.2, -0.15) is 0 Å². The SMILES string of the molecule is O=C(O)NCCc1ccc(CN2CCC(O)CC2)cc1. The van der Waals surface area contributed by atoms with Gasteiger partial charge in [-0.1, -0.05) is 24.3 Å². The molecule has 1 aromatic carbocycles. The van der Waals surface area contributed by atoms with Crippen molar-refractivity contribution in [1.29, 1.82) is 0 Å². The van der Waals surface area contributed by atoms with Crippen LogP contribution in [0.3, 0.4) is 0 Å². The third kappa shape index (κ3) is 4.83. The molecule has 1 aromatic rings. The Hall–Kier alpha value is -1.59. The molecular formula is C15H22N2O3. The second kappa shape index (κ2) is 7.26. The predicted octanol–water partition coefficient (Wildman–Crippen LogP) is 1.45. The molecule has 3 N–H and O–H groups in total. The Kier molecular flexibility index (Phi) is 5.38. The maximum Gasteiger partial charge on any atom is 0.404 e. The fourth-order valence-corrected chi connectivity index (χ4v) is 2.46. The molecule has 1 saturated heterocycles. The van der Waals surface area contributed by atoms with E-state index < -0.39 is 6.09 Å². The van der Waals surface area contributed by atoms with Crippen LogP contribution in [0.4, 0.5) is 4.79 Å². The van der Waals surface area contributed by atoms with Crippen molar-refractivity contribution in [2.75, 3.05) is 19.6 Å². The first kappa shape index (κ1) is 14.8. The van der Waals surface area contributed by atoms with Crippen LogP contribution in [-0.2, 0) is 13.0 Å². The van der Waals surface area contributed by atoms with Gasteiger partial charge < -0.3 is 15.5 Å². The number of benzene rings is 1. The van der Waals surface area contributed by atoms with E-state index in [0.717, 1.165) is 38.0 Å². The molecule has 0 radical (unpaired) electrons. The summed E-state index contributed by atoms with van der Waals surface area (Å²) in [6.07, 6.45) is 1.32. The molecule has 1 fully saturated rings. The molecule has 0 saturated carbocycles. The van der Waals surface area contributed by atoms with Gasteiger partial charge in [0, 0.05) is 26.2 Å². The van der Waals surface area contributed by atoms with Gasteiger partial charge in [0.1, 0.15) is 0 Å². The number of hydrogen-bond acceptors (Lipinski definition) is 3. The minimum atomic E-state index is -0.978. The standard InChI is InChI=1S/C15H22N2O3/c18-14-6-9-17(10-7-14)11-13-3-1-12(2-4-13)5-8-16-15(19)20/h1-4,14,16,18H,5-11H2,(H,19,20). The normalized spacial score (nSPS) is 17.1. The highest BCUT2D eigenvalue weighted by Gasteiger charge is 2.16. The minimum absolute atomic E-state index is 0.129. The number of carboxylic acid groups (broad SMARTS) is 1. The summed E-state index contributed by atoms with van der Waals surface area (Å²) in [4.78, 5) is 12.7. The number of hydrogen-bond donors (Lipinski definition) is 3. The van der Waals surface area contributed by atoms with Gasteiger partial charge in [0.25, 0.3) is 0 Å². The average molecular weight is 278 g/mol. The lowest BCUT2D eigenvalue weighted by molar-refractivity contribution is 0.0792. The summed E-state index contributed by atoms with van der Waals surface area (Å²) in [7, 11) is 0. The van der Waals surface area contributed by atoms with Crippen LogP contribution in [-0.4, -0.2) is 46.9 Å². The number of piperidine rings is 1. The average Bonchev–Trinajstić information content (AvgIpc) is 2.43. The first-order valence-corrected chi connectivity index (χ1v) is 7.08. The van der Waals surface area contributed by atoms with Gasteiger partial charge in [0.05, 0.1) is 6.10 Å². The summed E-state index contributed by atoms with van der Waals surface area (Å²) in [5, 5.41) is 20.3. The monoisotopic (exact) mass is 278 g/mol. The largest absolute Gasteiger partial charge is 0.465 e. The van der Waals surface area contributed by atoms with Crippen molar-refractivity contribution in [2.24, 2.45) is 0 Å². The third-order valence-electron chi connectivity index (χ3n) is 3.68. The van der Waals surface area contributed by atoms with Crippen molar-refractivity contribution < 1.29 is 15.0 Å². The quantitative estimate of drug-likeness (QED) is 0.762. The van der Waals surface area contributed by atoms with E-state index in [4.69, 9.17) is 5.11 Å². The van der Waals surface area contributed by atoms with Gasteiger partial charge in [-0.25, -0.2) is 4.79 Å². The van der Waals surface area contributed by atoms with Gasteiger partial charge in [-0.05, 0) is 30.4 Å². The van der Waals surface area contributed by atoms with Crippen LogP contribution in [0.15, 0.2) is 24.3 Å². The molecule has 1 aliphatic rings. The summed E-state index contributed by atoms with van der Waals surface area (Å²) in [6.45, 7) is 3.26.